The van der Waals surface area contributed by atoms with Crippen LogP contribution in [-0.2, 0) is 9.59 Å². The minimum atomic E-state index is -0.281. The van der Waals surface area contributed by atoms with Gasteiger partial charge in [0.25, 0.3) is 0 Å². The normalized spacial score (nSPS) is 21.8. The number of hydrogen-bond donors (Lipinski definition) is 2. The Balaban J connectivity index is 1.45. The fraction of sp³-hybridized carbons (Fsp3) is 0.750. The summed E-state index contributed by atoms with van der Waals surface area (Å²) in [6.45, 7) is 1.29. The average molecular weight is 351 g/mol. The van der Waals surface area contributed by atoms with Crippen molar-refractivity contribution in [3.8, 4) is 0 Å². The van der Waals surface area contributed by atoms with Crippen LogP contribution in [-0.4, -0.2) is 57.0 Å². The lowest BCUT2D eigenvalue weighted by Crippen LogP contribution is -2.48. The molecular formula is C16H25N5O2S. The van der Waals surface area contributed by atoms with Gasteiger partial charge < -0.3 is 10.2 Å². The lowest BCUT2D eigenvalue weighted by molar-refractivity contribution is -0.142. The number of aromatic nitrogens is 3. The molecule has 3 rings (SSSR count). The van der Waals surface area contributed by atoms with Gasteiger partial charge in [-0.3, -0.25) is 9.59 Å². The molecule has 2 amide bonds. The van der Waals surface area contributed by atoms with E-state index in [1.807, 2.05) is 4.90 Å². The van der Waals surface area contributed by atoms with Gasteiger partial charge in [-0.1, -0.05) is 19.3 Å². The molecule has 1 aromatic rings. The minimum Gasteiger partial charge on any atom is -0.353 e. The first kappa shape index (κ1) is 17.3. The molecule has 2 heterocycles. The highest BCUT2D eigenvalue weighted by Gasteiger charge is 2.37. The highest BCUT2D eigenvalue weighted by molar-refractivity contribution is 7.99. The van der Waals surface area contributed by atoms with Crippen LogP contribution in [0.5, 0.6) is 0 Å². The first-order valence-corrected chi connectivity index (χ1v) is 9.81. The number of thioether (sulfide) groups is 1. The van der Waals surface area contributed by atoms with Crippen LogP contribution in [0.15, 0.2) is 11.2 Å². The van der Waals surface area contributed by atoms with Gasteiger partial charge in [0.2, 0.25) is 11.8 Å². The summed E-state index contributed by atoms with van der Waals surface area (Å²) < 4.78 is 0. The van der Waals surface area contributed by atoms with Gasteiger partial charge in [0.1, 0.15) is 11.1 Å². The first-order valence-electron chi connectivity index (χ1n) is 8.82. The molecule has 24 heavy (non-hydrogen) atoms. The lowest BCUT2D eigenvalue weighted by Gasteiger charge is -2.30. The average Bonchev–Trinajstić information content (AvgIpc) is 3.30. The van der Waals surface area contributed by atoms with Crippen LogP contribution in [0.1, 0.15) is 44.9 Å². The Morgan fingerprint density at radius 3 is 2.83 bits per heavy atom. The second-order valence-electron chi connectivity index (χ2n) is 6.47. The van der Waals surface area contributed by atoms with Crippen molar-refractivity contribution in [2.24, 2.45) is 5.92 Å². The Morgan fingerprint density at radius 2 is 2.08 bits per heavy atom. The summed E-state index contributed by atoms with van der Waals surface area (Å²) in [6.07, 6.45) is 8.84. The van der Waals surface area contributed by atoms with E-state index in [4.69, 9.17) is 0 Å². The summed E-state index contributed by atoms with van der Waals surface area (Å²) >= 11 is 1.54. The summed E-state index contributed by atoms with van der Waals surface area (Å²) in [5, 5.41) is 14.0. The molecule has 0 bridgehead atoms. The summed E-state index contributed by atoms with van der Waals surface area (Å²) in [5.41, 5.74) is 0. The van der Waals surface area contributed by atoms with Crippen molar-refractivity contribution in [3.63, 3.8) is 0 Å². The third-order valence-electron chi connectivity index (χ3n) is 4.84. The third-order valence-corrected chi connectivity index (χ3v) is 5.74. The van der Waals surface area contributed by atoms with Gasteiger partial charge in [0.15, 0.2) is 0 Å². The molecule has 1 saturated carbocycles. The minimum absolute atomic E-state index is 0.0163. The van der Waals surface area contributed by atoms with Crippen LogP contribution in [0, 0.1) is 5.92 Å². The molecule has 1 saturated heterocycles. The molecule has 0 aromatic carbocycles. The van der Waals surface area contributed by atoms with Crippen molar-refractivity contribution in [2.75, 3.05) is 18.8 Å². The molecule has 1 unspecified atom stereocenters. The van der Waals surface area contributed by atoms with Gasteiger partial charge >= 0.3 is 0 Å². The van der Waals surface area contributed by atoms with Crippen LogP contribution in [0.3, 0.4) is 0 Å². The maximum atomic E-state index is 12.7. The number of likely N-dealkylation sites (tertiary alicyclic amines) is 1. The highest BCUT2D eigenvalue weighted by atomic mass is 32.2. The van der Waals surface area contributed by atoms with Gasteiger partial charge in [-0.25, -0.2) is 0 Å². The number of carbonyl (C=O) groups is 2. The molecule has 0 radical (unpaired) electrons. The fourth-order valence-corrected chi connectivity index (χ4v) is 4.24. The standard InChI is InChI=1S/C16H25N5O2S/c22-15(17-8-10-24-14-11-18-20-19-14)13-7-4-9-21(13)16(23)12-5-2-1-3-6-12/h11-13H,1-10H2,(H,17,22)(H,18,19,20). The van der Waals surface area contributed by atoms with Crippen molar-refractivity contribution in [1.82, 2.24) is 25.6 Å². The molecule has 1 aliphatic carbocycles. The smallest absolute Gasteiger partial charge is 0.242 e. The van der Waals surface area contributed by atoms with Gasteiger partial charge in [-0.2, -0.15) is 10.3 Å². The predicted octanol–water partition coefficient (Wildman–Crippen LogP) is 1.58. The van der Waals surface area contributed by atoms with E-state index < -0.39 is 0 Å². The summed E-state index contributed by atoms with van der Waals surface area (Å²) in [5.74, 6) is 1.05. The monoisotopic (exact) mass is 351 g/mol. The second kappa shape index (κ2) is 8.50. The largest absolute Gasteiger partial charge is 0.353 e. The second-order valence-corrected chi connectivity index (χ2v) is 7.59. The number of hydrogen-bond acceptors (Lipinski definition) is 5. The summed E-state index contributed by atoms with van der Waals surface area (Å²) in [7, 11) is 0. The molecule has 1 aromatic heterocycles. The molecule has 7 nitrogen and oxygen atoms in total. The van der Waals surface area contributed by atoms with Gasteiger partial charge in [0, 0.05) is 24.8 Å². The van der Waals surface area contributed by atoms with Crippen LogP contribution >= 0.6 is 11.8 Å². The van der Waals surface area contributed by atoms with E-state index in [0.717, 1.165) is 55.8 Å². The highest BCUT2D eigenvalue weighted by Crippen LogP contribution is 2.28. The maximum absolute atomic E-state index is 12.7. The van der Waals surface area contributed by atoms with Gasteiger partial charge in [0.05, 0.1) is 6.20 Å². The van der Waals surface area contributed by atoms with Crippen molar-refractivity contribution in [1.29, 1.82) is 0 Å². The number of nitrogens with zero attached hydrogens (tertiary/aromatic N) is 3. The quantitative estimate of drug-likeness (QED) is 0.600. The van der Waals surface area contributed by atoms with E-state index in [1.165, 1.54) is 6.42 Å². The van der Waals surface area contributed by atoms with E-state index in [-0.39, 0.29) is 23.8 Å². The van der Waals surface area contributed by atoms with E-state index >= 15 is 0 Å². The number of H-pyrrole nitrogens is 1. The molecule has 8 heteroatoms. The SMILES string of the molecule is O=C(NCCSc1cn[nH]n1)C1CCCN1C(=O)C1CCCCC1. The third kappa shape index (κ3) is 4.28. The Morgan fingerprint density at radius 1 is 1.25 bits per heavy atom. The zero-order valence-electron chi connectivity index (χ0n) is 13.9. The number of rotatable bonds is 6. The number of aromatic amines is 1. The topological polar surface area (TPSA) is 91.0 Å². The van der Waals surface area contributed by atoms with Gasteiger partial charge in [-0.15, -0.1) is 16.9 Å². The molecule has 132 valence electrons. The number of nitrogens with one attached hydrogen (secondary N) is 2. The van der Waals surface area contributed by atoms with E-state index in [9.17, 15) is 9.59 Å². The molecule has 1 atom stereocenters. The van der Waals surface area contributed by atoms with Crippen molar-refractivity contribution in [3.05, 3.63) is 6.20 Å². The number of amides is 2. The zero-order valence-corrected chi connectivity index (χ0v) is 14.7. The molecular weight excluding hydrogens is 326 g/mol. The summed E-state index contributed by atoms with van der Waals surface area (Å²) in [4.78, 5) is 27.0. The van der Waals surface area contributed by atoms with Crippen molar-refractivity contribution >= 4 is 23.6 Å². The zero-order chi connectivity index (χ0) is 16.8. The van der Waals surface area contributed by atoms with Crippen molar-refractivity contribution in [2.45, 2.75) is 56.0 Å². The lowest BCUT2D eigenvalue weighted by atomic mass is 9.88. The maximum Gasteiger partial charge on any atom is 0.242 e. The van der Waals surface area contributed by atoms with Crippen LogP contribution < -0.4 is 5.32 Å². The molecule has 2 N–H and O–H groups in total. The Kier molecular flexibility index (Phi) is 6.12. The van der Waals surface area contributed by atoms with Crippen LogP contribution in [0.4, 0.5) is 0 Å². The first-order chi connectivity index (χ1) is 11.8. The molecule has 2 aliphatic rings. The van der Waals surface area contributed by atoms with Crippen molar-refractivity contribution < 1.29 is 9.59 Å². The van der Waals surface area contributed by atoms with Crippen LogP contribution in [0.25, 0.3) is 0 Å². The van der Waals surface area contributed by atoms with E-state index in [0.29, 0.717) is 6.54 Å². The Hall–Kier alpha value is -1.57. The summed E-state index contributed by atoms with van der Waals surface area (Å²) in [6, 6.07) is -0.281. The fourth-order valence-electron chi connectivity index (χ4n) is 3.60. The van der Waals surface area contributed by atoms with E-state index in [1.54, 1.807) is 18.0 Å². The molecule has 0 spiro atoms. The Labute approximate surface area is 146 Å². The molecule has 2 fully saturated rings. The number of carbonyl (C=O) groups excluding carboxylic acids is 2. The Bertz CT molecular complexity index is 545. The predicted molar refractivity (Wildman–Crippen MR) is 91.4 cm³/mol. The van der Waals surface area contributed by atoms with Gasteiger partial charge in [-0.05, 0) is 25.7 Å². The molecule has 1 aliphatic heterocycles. The van der Waals surface area contributed by atoms with E-state index in [2.05, 4.69) is 20.7 Å². The van der Waals surface area contributed by atoms with Crippen LogP contribution in [0.2, 0.25) is 0 Å².